The topological polar surface area (TPSA) is 75.3 Å². The molecule has 0 heterocycles. The highest BCUT2D eigenvalue weighted by Crippen LogP contribution is 2.38. The molecule has 3 rings (SSSR count). The Morgan fingerprint density at radius 1 is 1.29 bits per heavy atom. The van der Waals surface area contributed by atoms with Crippen LogP contribution in [0.25, 0.3) is 0 Å². The molecular formula is C17H18N2O2. The third-order valence-corrected chi connectivity index (χ3v) is 4.17. The van der Waals surface area contributed by atoms with Gasteiger partial charge in [0.2, 0.25) is 5.91 Å². The second-order valence-corrected chi connectivity index (χ2v) is 5.42. The monoisotopic (exact) mass is 282 g/mol. The van der Waals surface area contributed by atoms with Crippen molar-refractivity contribution in [3.63, 3.8) is 0 Å². The molecule has 2 aromatic carbocycles. The lowest BCUT2D eigenvalue weighted by Gasteiger charge is -2.18. The number of carbonyl (C=O) groups is 1. The van der Waals surface area contributed by atoms with E-state index in [0.717, 1.165) is 35.2 Å². The molecule has 2 aromatic rings. The second-order valence-electron chi connectivity index (χ2n) is 5.42. The van der Waals surface area contributed by atoms with Crippen LogP contribution in [0.5, 0.6) is 5.75 Å². The van der Waals surface area contributed by atoms with Crippen molar-refractivity contribution >= 4 is 11.6 Å². The molecule has 1 unspecified atom stereocenters. The molecule has 0 spiro atoms. The Balaban J connectivity index is 1.92. The van der Waals surface area contributed by atoms with Gasteiger partial charge in [-0.1, -0.05) is 18.2 Å². The van der Waals surface area contributed by atoms with Crippen LogP contribution < -0.4 is 11.1 Å². The molecule has 1 amide bonds. The maximum absolute atomic E-state index is 11.4. The zero-order valence-electron chi connectivity index (χ0n) is 11.9. The van der Waals surface area contributed by atoms with Gasteiger partial charge in [0.1, 0.15) is 5.75 Å². The van der Waals surface area contributed by atoms with Gasteiger partial charge in [-0.25, -0.2) is 0 Å². The predicted octanol–water partition coefficient (Wildman–Crippen LogP) is 2.90. The molecule has 1 aliphatic carbocycles. The fourth-order valence-corrected chi connectivity index (χ4v) is 3.03. The van der Waals surface area contributed by atoms with Crippen molar-refractivity contribution in [3.8, 4) is 5.75 Å². The van der Waals surface area contributed by atoms with Gasteiger partial charge in [0, 0.05) is 11.3 Å². The van der Waals surface area contributed by atoms with Crippen LogP contribution in [0.2, 0.25) is 0 Å². The van der Waals surface area contributed by atoms with E-state index in [-0.39, 0.29) is 6.04 Å². The summed E-state index contributed by atoms with van der Waals surface area (Å²) in [5, 5.41) is 13.4. The Morgan fingerprint density at radius 3 is 2.81 bits per heavy atom. The van der Waals surface area contributed by atoms with Gasteiger partial charge in [-0.2, -0.15) is 0 Å². The molecule has 21 heavy (non-hydrogen) atoms. The average molecular weight is 282 g/mol. The lowest BCUT2D eigenvalue weighted by molar-refractivity contribution is 0.1000. The number of carbonyl (C=O) groups excluding carboxylic acids is 1. The highest BCUT2D eigenvalue weighted by molar-refractivity contribution is 5.95. The van der Waals surface area contributed by atoms with Gasteiger partial charge in [0.15, 0.2) is 0 Å². The normalized spacial score (nSPS) is 16.5. The molecule has 1 atom stereocenters. The fraction of sp³-hybridized carbons (Fsp3) is 0.235. The van der Waals surface area contributed by atoms with Crippen LogP contribution in [0.3, 0.4) is 0 Å². The van der Waals surface area contributed by atoms with Gasteiger partial charge in [-0.15, -0.1) is 0 Å². The summed E-state index contributed by atoms with van der Waals surface area (Å²) in [5.74, 6) is -0.0555. The van der Waals surface area contributed by atoms with Crippen molar-refractivity contribution in [1.29, 1.82) is 0 Å². The summed E-state index contributed by atoms with van der Waals surface area (Å²) < 4.78 is 0. The fourth-order valence-electron chi connectivity index (χ4n) is 3.03. The smallest absolute Gasteiger partial charge is 0.249 e. The number of nitrogens with one attached hydrogen (secondary N) is 1. The minimum absolute atomic E-state index is 0.147. The van der Waals surface area contributed by atoms with Crippen LogP contribution in [0.15, 0.2) is 36.4 Å². The minimum atomic E-state index is -0.416. The number of rotatable bonds is 3. The SMILES string of the molecule is Cc1c(NC2CCc3c(O)cccc32)cccc1C(N)=O. The van der Waals surface area contributed by atoms with E-state index in [2.05, 4.69) is 5.32 Å². The molecule has 0 saturated carbocycles. The molecule has 1 aliphatic rings. The number of amides is 1. The maximum atomic E-state index is 11.4. The van der Waals surface area contributed by atoms with Crippen LogP contribution in [-0.4, -0.2) is 11.0 Å². The Morgan fingerprint density at radius 2 is 2.05 bits per heavy atom. The standard InChI is InChI=1S/C17H18N2O2/c1-10-11(17(18)21)4-2-6-14(10)19-15-9-8-13-12(15)5-3-7-16(13)20/h2-7,15,19-20H,8-9H2,1H3,(H2,18,21). The first-order valence-corrected chi connectivity index (χ1v) is 7.04. The Kier molecular flexibility index (Phi) is 3.29. The number of phenols is 1. The Bertz CT molecular complexity index is 710. The molecule has 4 heteroatoms. The number of hydrogen-bond donors (Lipinski definition) is 3. The first-order chi connectivity index (χ1) is 10.1. The third kappa shape index (κ3) is 2.33. The van der Waals surface area contributed by atoms with Crippen LogP contribution in [0.1, 0.15) is 39.5 Å². The van der Waals surface area contributed by atoms with E-state index in [1.54, 1.807) is 12.1 Å². The highest BCUT2D eigenvalue weighted by atomic mass is 16.3. The number of nitrogens with two attached hydrogens (primary N) is 1. The molecule has 0 aromatic heterocycles. The van der Waals surface area contributed by atoms with Gasteiger partial charge in [0.25, 0.3) is 0 Å². The van der Waals surface area contributed by atoms with Crippen LogP contribution in [-0.2, 0) is 6.42 Å². The number of hydrogen-bond acceptors (Lipinski definition) is 3. The van der Waals surface area contributed by atoms with Gasteiger partial charge < -0.3 is 16.2 Å². The lowest BCUT2D eigenvalue weighted by Crippen LogP contribution is -2.15. The average Bonchev–Trinajstić information content (AvgIpc) is 2.85. The maximum Gasteiger partial charge on any atom is 0.249 e. The molecule has 0 saturated heterocycles. The van der Waals surface area contributed by atoms with E-state index in [1.165, 1.54) is 0 Å². The van der Waals surface area contributed by atoms with Crippen molar-refractivity contribution < 1.29 is 9.90 Å². The number of anilines is 1. The van der Waals surface area contributed by atoms with Crippen molar-refractivity contribution in [1.82, 2.24) is 0 Å². The number of primary amides is 1. The van der Waals surface area contributed by atoms with Gasteiger partial charge in [-0.3, -0.25) is 4.79 Å². The van der Waals surface area contributed by atoms with E-state index in [9.17, 15) is 9.90 Å². The van der Waals surface area contributed by atoms with Crippen molar-refractivity contribution in [2.75, 3.05) is 5.32 Å². The Hall–Kier alpha value is -2.49. The zero-order valence-corrected chi connectivity index (χ0v) is 11.9. The largest absolute Gasteiger partial charge is 0.508 e. The van der Waals surface area contributed by atoms with Crippen molar-refractivity contribution in [2.45, 2.75) is 25.8 Å². The van der Waals surface area contributed by atoms with E-state index in [1.807, 2.05) is 31.2 Å². The van der Waals surface area contributed by atoms with Gasteiger partial charge in [-0.05, 0) is 54.7 Å². The second kappa shape index (κ2) is 5.13. The molecule has 108 valence electrons. The van der Waals surface area contributed by atoms with Crippen LogP contribution in [0.4, 0.5) is 5.69 Å². The quantitative estimate of drug-likeness (QED) is 0.810. The summed E-state index contributed by atoms with van der Waals surface area (Å²) in [7, 11) is 0. The molecule has 0 radical (unpaired) electrons. The van der Waals surface area contributed by atoms with Crippen molar-refractivity contribution in [3.05, 3.63) is 58.7 Å². The van der Waals surface area contributed by atoms with E-state index >= 15 is 0 Å². The first-order valence-electron chi connectivity index (χ1n) is 7.04. The third-order valence-electron chi connectivity index (χ3n) is 4.17. The molecule has 0 aliphatic heterocycles. The summed E-state index contributed by atoms with van der Waals surface area (Å²) in [6.07, 6.45) is 1.78. The van der Waals surface area contributed by atoms with Crippen LogP contribution >= 0.6 is 0 Å². The number of aromatic hydroxyl groups is 1. The predicted molar refractivity (Wildman–Crippen MR) is 82.5 cm³/mol. The molecular weight excluding hydrogens is 264 g/mol. The van der Waals surface area contributed by atoms with Crippen molar-refractivity contribution in [2.24, 2.45) is 5.73 Å². The van der Waals surface area contributed by atoms with E-state index in [4.69, 9.17) is 5.73 Å². The molecule has 0 bridgehead atoms. The van der Waals surface area contributed by atoms with Gasteiger partial charge >= 0.3 is 0 Å². The summed E-state index contributed by atoms with van der Waals surface area (Å²) in [5.41, 5.74) is 9.83. The minimum Gasteiger partial charge on any atom is -0.508 e. The lowest BCUT2D eigenvalue weighted by atomic mass is 10.0. The summed E-state index contributed by atoms with van der Waals surface area (Å²) >= 11 is 0. The highest BCUT2D eigenvalue weighted by Gasteiger charge is 2.25. The first kappa shape index (κ1) is 13.5. The van der Waals surface area contributed by atoms with E-state index < -0.39 is 5.91 Å². The summed E-state index contributed by atoms with van der Waals surface area (Å²) in [4.78, 5) is 11.4. The van der Waals surface area contributed by atoms with E-state index in [0.29, 0.717) is 11.3 Å². The number of benzene rings is 2. The molecule has 4 nitrogen and oxygen atoms in total. The molecule has 4 N–H and O–H groups in total. The Labute approximate surface area is 123 Å². The number of fused-ring (bicyclic) bond motifs is 1. The summed E-state index contributed by atoms with van der Waals surface area (Å²) in [6.45, 7) is 1.89. The van der Waals surface area contributed by atoms with Crippen LogP contribution in [0, 0.1) is 6.92 Å². The summed E-state index contributed by atoms with van der Waals surface area (Å²) in [6, 6.07) is 11.3. The number of phenolic OH excluding ortho intramolecular Hbond substituents is 1. The zero-order chi connectivity index (χ0) is 15.0. The molecule has 0 fully saturated rings. The van der Waals surface area contributed by atoms with Gasteiger partial charge in [0.05, 0.1) is 6.04 Å².